The van der Waals surface area contributed by atoms with Gasteiger partial charge in [-0.25, -0.2) is 0 Å². The lowest BCUT2D eigenvalue weighted by Crippen LogP contribution is -2.25. The lowest BCUT2D eigenvalue weighted by molar-refractivity contribution is -0.135. The summed E-state index contributed by atoms with van der Waals surface area (Å²) in [4.78, 5) is 12.2. The van der Waals surface area contributed by atoms with Crippen molar-refractivity contribution >= 4 is 44.6 Å². The van der Waals surface area contributed by atoms with Crippen molar-refractivity contribution in [2.75, 3.05) is 12.3 Å². The van der Waals surface area contributed by atoms with Gasteiger partial charge in [0.25, 0.3) is 5.91 Å². The van der Waals surface area contributed by atoms with Crippen LogP contribution in [0, 0.1) is 0 Å². The fourth-order valence-corrected chi connectivity index (χ4v) is 3.15. The first-order chi connectivity index (χ1) is 9.78. The molecule has 0 aliphatic heterocycles. The smallest absolute Gasteiger partial charge is 0.389 e. The highest BCUT2D eigenvalue weighted by Gasteiger charge is 2.26. The normalized spacial score (nSPS) is 11.8. The second kappa shape index (κ2) is 6.11. The lowest BCUT2D eigenvalue weighted by Gasteiger charge is -2.07. The van der Waals surface area contributed by atoms with E-state index in [4.69, 9.17) is 17.3 Å². The molecule has 2 rings (SSSR count). The molecule has 0 fully saturated rings. The molecule has 2 aromatic rings. The molecule has 0 aliphatic rings. The summed E-state index contributed by atoms with van der Waals surface area (Å²) in [6.45, 7) is -0.0488. The monoisotopic (exact) mass is 336 g/mol. The van der Waals surface area contributed by atoms with Gasteiger partial charge in [-0.3, -0.25) is 4.79 Å². The van der Waals surface area contributed by atoms with E-state index in [0.29, 0.717) is 21.0 Å². The van der Waals surface area contributed by atoms with Gasteiger partial charge in [-0.15, -0.1) is 11.3 Å². The Morgan fingerprint density at radius 1 is 1.38 bits per heavy atom. The summed E-state index contributed by atoms with van der Waals surface area (Å²) in [6.07, 6.45) is -5.30. The molecular weight excluding hydrogens is 325 g/mol. The summed E-state index contributed by atoms with van der Waals surface area (Å²) < 4.78 is 36.8. The van der Waals surface area contributed by atoms with Crippen LogP contribution in [-0.2, 0) is 0 Å². The molecule has 21 heavy (non-hydrogen) atoms. The summed E-state index contributed by atoms with van der Waals surface area (Å²) in [5.74, 6) is -0.466. The van der Waals surface area contributed by atoms with E-state index in [2.05, 4.69) is 5.32 Å². The van der Waals surface area contributed by atoms with Crippen molar-refractivity contribution in [3.8, 4) is 0 Å². The predicted molar refractivity (Wildman–Crippen MR) is 78.9 cm³/mol. The second-order valence-electron chi connectivity index (χ2n) is 4.46. The Bertz CT molecular complexity index is 669. The number of hydrogen-bond acceptors (Lipinski definition) is 3. The van der Waals surface area contributed by atoms with Crippen LogP contribution in [0.2, 0.25) is 5.02 Å². The molecule has 3 N–H and O–H groups in total. The first kappa shape index (κ1) is 15.9. The van der Waals surface area contributed by atoms with Gasteiger partial charge in [0.1, 0.15) is 4.88 Å². The highest BCUT2D eigenvalue weighted by molar-refractivity contribution is 7.21. The van der Waals surface area contributed by atoms with Crippen molar-refractivity contribution in [2.45, 2.75) is 19.0 Å². The van der Waals surface area contributed by atoms with Gasteiger partial charge in [0.2, 0.25) is 0 Å². The Balaban J connectivity index is 2.04. The molecule has 0 saturated heterocycles. The molecule has 0 bridgehead atoms. The predicted octanol–water partition coefficient (Wildman–Crippen LogP) is 4.21. The fraction of sp³-hybridized carbons (Fsp3) is 0.308. The van der Waals surface area contributed by atoms with Gasteiger partial charge in [-0.2, -0.15) is 13.2 Å². The van der Waals surface area contributed by atoms with Crippen molar-refractivity contribution in [2.24, 2.45) is 0 Å². The maximum absolute atomic E-state index is 12.0. The third-order valence-electron chi connectivity index (χ3n) is 2.82. The third kappa shape index (κ3) is 4.01. The van der Waals surface area contributed by atoms with Gasteiger partial charge in [0.15, 0.2) is 0 Å². The van der Waals surface area contributed by atoms with Gasteiger partial charge in [0, 0.05) is 28.1 Å². The molecule has 8 heteroatoms. The number of carbonyl (C=O) groups excluding carboxylic acids is 1. The van der Waals surface area contributed by atoms with Gasteiger partial charge in [-0.1, -0.05) is 11.6 Å². The number of nitrogens with two attached hydrogens (primary N) is 1. The minimum absolute atomic E-state index is 0.0488. The van der Waals surface area contributed by atoms with E-state index >= 15 is 0 Å². The van der Waals surface area contributed by atoms with E-state index in [1.54, 1.807) is 18.2 Å². The number of nitrogen functional groups attached to an aromatic ring is 1. The quantitative estimate of drug-likeness (QED) is 0.822. The Labute approximate surface area is 127 Å². The Morgan fingerprint density at radius 3 is 2.76 bits per heavy atom. The SMILES string of the molecule is Nc1c(C(=O)NCCCC(F)(F)F)sc2cc(Cl)ccc12. The Kier molecular flexibility index (Phi) is 4.63. The van der Waals surface area contributed by atoms with Crippen LogP contribution in [0.4, 0.5) is 18.9 Å². The van der Waals surface area contributed by atoms with E-state index in [1.165, 1.54) is 11.3 Å². The molecule has 0 atom stereocenters. The number of hydrogen-bond donors (Lipinski definition) is 2. The Hall–Kier alpha value is -1.47. The summed E-state index contributed by atoms with van der Waals surface area (Å²) >= 11 is 7.03. The fourth-order valence-electron chi connectivity index (χ4n) is 1.83. The molecule has 0 aliphatic carbocycles. The minimum Gasteiger partial charge on any atom is -0.397 e. The highest BCUT2D eigenvalue weighted by Crippen LogP contribution is 2.35. The topological polar surface area (TPSA) is 55.1 Å². The van der Waals surface area contributed by atoms with Crippen LogP contribution in [0.25, 0.3) is 10.1 Å². The van der Waals surface area contributed by atoms with Gasteiger partial charge < -0.3 is 11.1 Å². The Morgan fingerprint density at radius 2 is 2.10 bits per heavy atom. The van der Waals surface area contributed by atoms with Crippen LogP contribution in [-0.4, -0.2) is 18.6 Å². The number of halogens is 4. The van der Waals surface area contributed by atoms with Crippen LogP contribution < -0.4 is 11.1 Å². The molecule has 0 radical (unpaired) electrons. The van der Waals surface area contributed by atoms with E-state index < -0.39 is 18.5 Å². The third-order valence-corrected chi connectivity index (χ3v) is 4.22. The number of anilines is 1. The number of amides is 1. The van der Waals surface area contributed by atoms with Crippen LogP contribution in [0.5, 0.6) is 0 Å². The zero-order valence-corrected chi connectivity index (χ0v) is 12.3. The lowest BCUT2D eigenvalue weighted by atomic mass is 10.2. The number of carbonyl (C=O) groups is 1. The molecule has 3 nitrogen and oxygen atoms in total. The summed E-state index contributed by atoms with van der Waals surface area (Å²) in [7, 11) is 0. The number of thiophene rings is 1. The maximum Gasteiger partial charge on any atom is 0.389 e. The van der Waals surface area contributed by atoms with Crippen molar-refractivity contribution in [3.63, 3.8) is 0 Å². The average molecular weight is 337 g/mol. The summed E-state index contributed by atoms with van der Waals surface area (Å²) in [5.41, 5.74) is 6.21. The molecule has 0 unspecified atom stereocenters. The average Bonchev–Trinajstić information content (AvgIpc) is 2.70. The number of alkyl halides is 3. The summed E-state index contributed by atoms with van der Waals surface area (Å²) in [6, 6.07) is 5.07. The van der Waals surface area contributed by atoms with E-state index in [0.717, 1.165) is 4.70 Å². The van der Waals surface area contributed by atoms with Gasteiger partial charge in [0.05, 0.1) is 5.69 Å². The molecule has 1 heterocycles. The van der Waals surface area contributed by atoms with E-state index in [-0.39, 0.29) is 13.0 Å². The molecular formula is C13H12ClF3N2OS. The second-order valence-corrected chi connectivity index (χ2v) is 5.95. The van der Waals surface area contributed by atoms with Crippen LogP contribution in [0.3, 0.4) is 0 Å². The molecule has 1 aromatic carbocycles. The number of rotatable bonds is 4. The highest BCUT2D eigenvalue weighted by atomic mass is 35.5. The number of nitrogens with one attached hydrogen (secondary N) is 1. The maximum atomic E-state index is 12.0. The number of fused-ring (bicyclic) bond motifs is 1. The zero-order chi connectivity index (χ0) is 15.6. The minimum atomic E-state index is -4.21. The standard InChI is InChI=1S/C13H12ClF3N2OS/c14-7-2-3-8-9(6-7)21-11(10(8)18)12(20)19-5-1-4-13(15,16)17/h2-3,6H,1,4-5,18H2,(H,19,20). The molecule has 114 valence electrons. The van der Waals surface area contributed by atoms with Crippen molar-refractivity contribution in [3.05, 3.63) is 28.1 Å². The largest absolute Gasteiger partial charge is 0.397 e. The van der Waals surface area contributed by atoms with Gasteiger partial charge >= 0.3 is 6.18 Å². The molecule has 1 amide bonds. The number of benzene rings is 1. The molecule has 0 spiro atoms. The van der Waals surface area contributed by atoms with Crippen molar-refractivity contribution in [1.29, 1.82) is 0 Å². The van der Waals surface area contributed by atoms with Crippen LogP contribution in [0.1, 0.15) is 22.5 Å². The first-order valence-electron chi connectivity index (χ1n) is 6.10. The first-order valence-corrected chi connectivity index (χ1v) is 7.30. The summed E-state index contributed by atoms with van der Waals surface area (Å²) in [5, 5.41) is 3.69. The van der Waals surface area contributed by atoms with E-state index in [9.17, 15) is 18.0 Å². The molecule has 1 aromatic heterocycles. The van der Waals surface area contributed by atoms with Crippen LogP contribution in [0.15, 0.2) is 18.2 Å². The van der Waals surface area contributed by atoms with Crippen molar-refractivity contribution < 1.29 is 18.0 Å². The zero-order valence-electron chi connectivity index (χ0n) is 10.8. The van der Waals surface area contributed by atoms with Gasteiger partial charge in [-0.05, 0) is 24.6 Å². The van der Waals surface area contributed by atoms with Crippen molar-refractivity contribution in [1.82, 2.24) is 5.32 Å². The molecule has 0 saturated carbocycles. The van der Waals surface area contributed by atoms with Crippen LogP contribution >= 0.6 is 22.9 Å². The van der Waals surface area contributed by atoms with E-state index in [1.807, 2.05) is 0 Å².